The van der Waals surface area contributed by atoms with Crippen LogP contribution < -0.4 is 10.6 Å². The summed E-state index contributed by atoms with van der Waals surface area (Å²) in [4.78, 5) is 12.0. The molecule has 1 fully saturated rings. The van der Waals surface area contributed by atoms with Gasteiger partial charge in [0.05, 0.1) is 6.54 Å². The van der Waals surface area contributed by atoms with Crippen molar-refractivity contribution in [3.63, 3.8) is 0 Å². The first kappa shape index (κ1) is 15.0. The fraction of sp³-hybridized carbons (Fsp3) is 0.588. The summed E-state index contributed by atoms with van der Waals surface area (Å²) in [6.45, 7) is 4.98. The summed E-state index contributed by atoms with van der Waals surface area (Å²) < 4.78 is 0. The highest BCUT2D eigenvalue weighted by atomic mass is 16.1. The summed E-state index contributed by atoms with van der Waals surface area (Å²) in [5.41, 5.74) is 0.864. The van der Waals surface area contributed by atoms with Crippen LogP contribution in [0.5, 0.6) is 0 Å². The molecule has 20 heavy (non-hydrogen) atoms. The molecule has 0 radical (unpaired) electrons. The average Bonchev–Trinajstić information content (AvgIpc) is 2.46. The largest absolute Gasteiger partial charge is 0.325 e. The van der Waals surface area contributed by atoms with Crippen molar-refractivity contribution in [2.75, 3.05) is 11.9 Å². The molecular weight excluding hydrogens is 248 g/mol. The van der Waals surface area contributed by atoms with E-state index in [-0.39, 0.29) is 5.91 Å². The molecule has 3 heteroatoms. The van der Waals surface area contributed by atoms with Gasteiger partial charge in [0.25, 0.3) is 0 Å². The Bertz CT molecular complexity index is 416. The standard InChI is InChI=1S/C17H26N2O/c1-13(2)15-10-6-7-11-16(15)18-12-17(20)19-14-8-4-3-5-9-14/h3-5,8-9,13,15-16,18H,6-7,10-12H2,1-2H3,(H,19,20). The maximum absolute atomic E-state index is 12.0. The molecule has 1 aliphatic rings. The summed E-state index contributed by atoms with van der Waals surface area (Å²) in [6, 6.07) is 10.1. The molecule has 110 valence electrons. The normalized spacial score (nSPS) is 22.8. The van der Waals surface area contributed by atoms with Gasteiger partial charge in [-0.05, 0) is 36.8 Å². The molecule has 0 aliphatic heterocycles. The molecule has 0 aromatic heterocycles. The van der Waals surface area contributed by atoms with Gasteiger partial charge >= 0.3 is 0 Å². The molecule has 0 spiro atoms. The van der Waals surface area contributed by atoms with Gasteiger partial charge in [-0.1, -0.05) is 44.9 Å². The lowest BCUT2D eigenvalue weighted by Gasteiger charge is -2.35. The maximum atomic E-state index is 12.0. The van der Waals surface area contributed by atoms with Crippen LogP contribution in [-0.2, 0) is 4.79 Å². The van der Waals surface area contributed by atoms with Crippen LogP contribution in [0, 0.1) is 11.8 Å². The average molecular weight is 274 g/mol. The minimum atomic E-state index is 0.0456. The minimum absolute atomic E-state index is 0.0456. The topological polar surface area (TPSA) is 41.1 Å². The van der Waals surface area contributed by atoms with Gasteiger partial charge in [0.15, 0.2) is 0 Å². The summed E-state index contributed by atoms with van der Waals surface area (Å²) in [7, 11) is 0. The van der Waals surface area contributed by atoms with Crippen LogP contribution in [0.4, 0.5) is 5.69 Å². The minimum Gasteiger partial charge on any atom is -0.325 e. The Kier molecular flexibility index (Phi) is 5.60. The number of hydrogen-bond acceptors (Lipinski definition) is 2. The molecule has 1 amide bonds. The van der Waals surface area contributed by atoms with E-state index in [2.05, 4.69) is 24.5 Å². The SMILES string of the molecule is CC(C)C1CCCCC1NCC(=O)Nc1ccccc1. The summed E-state index contributed by atoms with van der Waals surface area (Å²) in [6.07, 6.45) is 5.09. The Hall–Kier alpha value is -1.35. The highest BCUT2D eigenvalue weighted by Gasteiger charge is 2.27. The number of hydrogen-bond donors (Lipinski definition) is 2. The summed E-state index contributed by atoms with van der Waals surface area (Å²) >= 11 is 0. The van der Waals surface area contributed by atoms with Gasteiger partial charge in [-0.25, -0.2) is 0 Å². The van der Waals surface area contributed by atoms with E-state index in [4.69, 9.17) is 0 Å². The zero-order valence-corrected chi connectivity index (χ0v) is 12.6. The first-order valence-electron chi connectivity index (χ1n) is 7.75. The molecule has 1 aromatic carbocycles. The summed E-state index contributed by atoms with van der Waals surface area (Å²) in [5.74, 6) is 1.43. The van der Waals surface area contributed by atoms with Crippen LogP contribution >= 0.6 is 0 Å². The highest BCUT2D eigenvalue weighted by molar-refractivity contribution is 5.92. The third kappa shape index (κ3) is 4.34. The van der Waals surface area contributed by atoms with E-state index in [1.807, 2.05) is 30.3 Å². The van der Waals surface area contributed by atoms with E-state index >= 15 is 0 Å². The third-order valence-electron chi connectivity index (χ3n) is 4.26. The lowest BCUT2D eigenvalue weighted by atomic mass is 9.78. The second kappa shape index (κ2) is 7.44. The lowest BCUT2D eigenvalue weighted by Crippen LogP contribution is -2.44. The molecule has 0 heterocycles. The van der Waals surface area contributed by atoms with E-state index in [0.29, 0.717) is 24.4 Å². The first-order chi connectivity index (χ1) is 9.66. The Morgan fingerprint density at radius 3 is 2.60 bits per heavy atom. The molecule has 3 nitrogen and oxygen atoms in total. The zero-order valence-electron chi connectivity index (χ0n) is 12.6. The first-order valence-corrected chi connectivity index (χ1v) is 7.75. The number of para-hydroxylation sites is 1. The van der Waals surface area contributed by atoms with Crippen LogP contribution in [0.3, 0.4) is 0 Å². The molecule has 2 N–H and O–H groups in total. The van der Waals surface area contributed by atoms with Crippen LogP contribution in [-0.4, -0.2) is 18.5 Å². The second-order valence-electron chi connectivity index (χ2n) is 6.09. The molecule has 2 atom stereocenters. The van der Waals surface area contributed by atoms with E-state index in [0.717, 1.165) is 5.69 Å². The van der Waals surface area contributed by atoms with Gasteiger partial charge in [-0.15, -0.1) is 0 Å². The van der Waals surface area contributed by atoms with Gasteiger partial charge in [-0.3, -0.25) is 4.79 Å². The highest BCUT2D eigenvalue weighted by Crippen LogP contribution is 2.30. The van der Waals surface area contributed by atoms with E-state index < -0.39 is 0 Å². The Morgan fingerprint density at radius 1 is 1.20 bits per heavy atom. The van der Waals surface area contributed by atoms with Crippen LogP contribution in [0.15, 0.2) is 30.3 Å². The van der Waals surface area contributed by atoms with E-state index in [1.165, 1.54) is 25.7 Å². The second-order valence-corrected chi connectivity index (χ2v) is 6.09. The van der Waals surface area contributed by atoms with E-state index in [9.17, 15) is 4.79 Å². The fourth-order valence-electron chi connectivity index (χ4n) is 3.16. The molecule has 0 saturated heterocycles. The predicted octanol–water partition coefficient (Wildman–Crippen LogP) is 3.43. The molecule has 0 bridgehead atoms. The smallest absolute Gasteiger partial charge is 0.238 e. The Balaban J connectivity index is 1.80. The van der Waals surface area contributed by atoms with Crippen molar-refractivity contribution in [1.29, 1.82) is 0 Å². The van der Waals surface area contributed by atoms with Crippen molar-refractivity contribution in [3.05, 3.63) is 30.3 Å². The molecular formula is C17H26N2O. The number of benzene rings is 1. The van der Waals surface area contributed by atoms with Gasteiger partial charge in [0, 0.05) is 11.7 Å². The maximum Gasteiger partial charge on any atom is 0.238 e. The number of anilines is 1. The number of carbonyl (C=O) groups excluding carboxylic acids is 1. The fourth-order valence-corrected chi connectivity index (χ4v) is 3.16. The van der Waals surface area contributed by atoms with Gasteiger partial charge in [0.1, 0.15) is 0 Å². The van der Waals surface area contributed by atoms with Crippen LogP contribution in [0.1, 0.15) is 39.5 Å². The van der Waals surface area contributed by atoms with Crippen molar-refractivity contribution in [3.8, 4) is 0 Å². The van der Waals surface area contributed by atoms with Crippen LogP contribution in [0.25, 0.3) is 0 Å². The molecule has 1 aromatic rings. The van der Waals surface area contributed by atoms with Crippen LogP contribution in [0.2, 0.25) is 0 Å². The van der Waals surface area contributed by atoms with E-state index in [1.54, 1.807) is 0 Å². The van der Waals surface area contributed by atoms with Crippen molar-refractivity contribution in [2.45, 2.75) is 45.6 Å². The van der Waals surface area contributed by atoms with Crippen molar-refractivity contribution < 1.29 is 4.79 Å². The monoisotopic (exact) mass is 274 g/mol. The number of nitrogens with one attached hydrogen (secondary N) is 2. The predicted molar refractivity (Wildman–Crippen MR) is 83.7 cm³/mol. The number of amides is 1. The number of carbonyl (C=O) groups is 1. The van der Waals surface area contributed by atoms with Gasteiger partial charge in [-0.2, -0.15) is 0 Å². The van der Waals surface area contributed by atoms with Gasteiger partial charge in [0.2, 0.25) is 5.91 Å². The number of rotatable bonds is 5. The Labute approximate surface area is 122 Å². The van der Waals surface area contributed by atoms with Crippen molar-refractivity contribution in [2.24, 2.45) is 11.8 Å². The van der Waals surface area contributed by atoms with Crippen molar-refractivity contribution >= 4 is 11.6 Å². The quantitative estimate of drug-likeness (QED) is 0.863. The Morgan fingerprint density at radius 2 is 1.90 bits per heavy atom. The lowest BCUT2D eigenvalue weighted by molar-refractivity contribution is -0.115. The van der Waals surface area contributed by atoms with Crippen molar-refractivity contribution in [1.82, 2.24) is 5.32 Å². The molecule has 1 aliphatic carbocycles. The molecule has 2 rings (SSSR count). The molecule has 2 unspecified atom stereocenters. The third-order valence-corrected chi connectivity index (χ3v) is 4.26. The van der Waals surface area contributed by atoms with Gasteiger partial charge < -0.3 is 10.6 Å². The summed E-state index contributed by atoms with van der Waals surface area (Å²) in [5, 5.41) is 6.39. The zero-order chi connectivity index (χ0) is 14.4. The molecule has 1 saturated carbocycles.